The molecule has 0 spiro atoms. The summed E-state index contributed by atoms with van der Waals surface area (Å²) in [4.78, 5) is 26.0. The first kappa shape index (κ1) is 17.5. The monoisotopic (exact) mass is 357 g/mol. The zero-order chi connectivity index (χ0) is 17.8. The van der Waals surface area contributed by atoms with Crippen molar-refractivity contribution in [3.63, 3.8) is 0 Å². The molecule has 1 heterocycles. The number of esters is 1. The van der Waals surface area contributed by atoms with Gasteiger partial charge in [-0.3, -0.25) is 9.59 Å². The molecule has 0 fully saturated rings. The summed E-state index contributed by atoms with van der Waals surface area (Å²) >= 11 is 6.43. The highest BCUT2D eigenvalue weighted by molar-refractivity contribution is 6.31. The molecule has 0 saturated carbocycles. The number of benzene rings is 2. The molecule has 0 saturated heterocycles. The van der Waals surface area contributed by atoms with Gasteiger partial charge in [0.15, 0.2) is 0 Å². The van der Waals surface area contributed by atoms with Crippen LogP contribution in [0.3, 0.4) is 0 Å². The van der Waals surface area contributed by atoms with E-state index in [-0.39, 0.29) is 30.8 Å². The lowest BCUT2D eigenvalue weighted by atomic mass is 9.88. The highest BCUT2D eigenvalue weighted by Gasteiger charge is 2.32. The Bertz CT molecular complexity index is 790. The number of halogens is 1. The zero-order valence-corrected chi connectivity index (χ0v) is 14.8. The molecule has 1 unspecified atom stereocenters. The molecule has 0 radical (unpaired) electrons. The number of fused-ring (bicyclic) bond motifs is 1. The lowest BCUT2D eigenvalue weighted by Gasteiger charge is -2.38. The smallest absolute Gasteiger partial charge is 0.306 e. The summed E-state index contributed by atoms with van der Waals surface area (Å²) in [5.41, 5.74) is 3.22. The van der Waals surface area contributed by atoms with Crippen LogP contribution in [0.5, 0.6) is 0 Å². The van der Waals surface area contributed by atoms with Crippen molar-refractivity contribution in [2.75, 3.05) is 13.7 Å². The average molecular weight is 358 g/mol. The van der Waals surface area contributed by atoms with E-state index in [1.54, 1.807) is 0 Å². The van der Waals surface area contributed by atoms with Gasteiger partial charge in [-0.05, 0) is 29.2 Å². The van der Waals surface area contributed by atoms with Crippen molar-refractivity contribution >= 4 is 23.5 Å². The molecule has 3 rings (SSSR count). The molecule has 1 amide bonds. The Morgan fingerprint density at radius 1 is 1.08 bits per heavy atom. The maximum Gasteiger partial charge on any atom is 0.306 e. The van der Waals surface area contributed by atoms with E-state index < -0.39 is 0 Å². The van der Waals surface area contributed by atoms with Crippen molar-refractivity contribution in [1.29, 1.82) is 0 Å². The molecule has 5 heteroatoms. The van der Waals surface area contributed by atoms with E-state index in [0.717, 1.165) is 17.5 Å². The van der Waals surface area contributed by atoms with Crippen molar-refractivity contribution in [2.45, 2.75) is 25.3 Å². The van der Waals surface area contributed by atoms with Crippen LogP contribution >= 0.6 is 11.6 Å². The summed E-state index contributed by atoms with van der Waals surface area (Å²) in [6, 6.07) is 15.5. The van der Waals surface area contributed by atoms with Crippen LogP contribution < -0.4 is 0 Å². The highest BCUT2D eigenvalue weighted by Crippen LogP contribution is 2.38. The molecule has 4 nitrogen and oxygen atoms in total. The van der Waals surface area contributed by atoms with Crippen LogP contribution in [0, 0.1) is 0 Å². The number of nitrogens with zero attached hydrogens (tertiary/aromatic N) is 1. The van der Waals surface area contributed by atoms with Crippen molar-refractivity contribution in [3.05, 3.63) is 70.2 Å². The number of carbonyl (C=O) groups excluding carboxylic acids is 2. The number of methoxy groups -OCH3 is 1. The van der Waals surface area contributed by atoms with E-state index in [0.29, 0.717) is 11.6 Å². The van der Waals surface area contributed by atoms with Crippen LogP contribution in [0.4, 0.5) is 0 Å². The second-order valence-electron chi connectivity index (χ2n) is 6.04. The summed E-state index contributed by atoms with van der Waals surface area (Å²) in [6.07, 6.45) is 1.01. The lowest BCUT2D eigenvalue weighted by molar-refractivity contribution is -0.144. The molecule has 0 N–H and O–H groups in total. The fourth-order valence-corrected chi connectivity index (χ4v) is 3.56. The van der Waals surface area contributed by atoms with E-state index in [4.69, 9.17) is 11.6 Å². The number of ether oxygens (including phenoxy) is 1. The third-order valence-electron chi connectivity index (χ3n) is 4.57. The Morgan fingerprint density at radius 3 is 2.48 bits per heavy atom. The van der Waals surface area contributed by atoms with Gasteiger partial charge in [0, 0.05) is 18.0 Å². The minimum atomic E-state index is -0.375. The Hall–Kier alpha value is -2.33. The van der Waals surface area contributed by atoms with Crippen LogP contribution in [0.15, 0.2) is 48.5 Å². The largest absolute Gasteiger partial charge is 0.469 e. The summed E-state index contributed by atoms with van der Waals surface area (Å²) in [6.45, 7) is 0.604. The maximum absolute atomic E-state index is 12.8. The molecule has 2 aromatic carbocycles. The minimum Gasteiger partial charge on any atom is -0.469 e. The van der Waals surface area contributed by atoms with Gasteiger partial charge >= 0.3 is 5.97 Å². The third kappa shape index (κ3) is 3.69. The molecule has 0 aromatic heterocycles. The molecular weight excluding hydrogens is 338 g/mol. The zero-order valence-electron chi connectivity index (χ0n) is 14.1. The van der Waals surface area contributed by atoms with Gasteiger partial charge in [0.05, 0.1) is 19.6 Å². The van der Waals surface area contributed by atoms with Crippen LogP contribution in [-0.4, -0.2) is 30.4 Å². The van der Waals surface area contributed by atoms with E-state index in [9.17, 15) is 9.59 Å². The van der Waals surface area contributed by atoms with Crippen molar-refractivity contribution in [1.82, 2.24) is 4.90 Å². The van der Waals surface area contributed by atoms with Gasteiger partial charge < -0.3 is 9.64 Å². The fraction of sp³-hybridized carbons (Fsp3) is 0.300. The quantitative estimate of drug-likeness (QED) is 0.782. The topological polar surface area (TPSA) is 46.6 Å². The van der Waals surface area contributed by atoms with Crippen LogP contribution in [0.1, 0.15) is 35.6 Å². The molecule has 130 valence electrons. The number of rotatable bonds is 4. The number of carbonyl (C=O) groups is 2. The van der Waals surface area contributed by atoms with Crippen LogP contribution in [0.2, 0.25) is 5.02 Å². The van der Waals surface area contributed by atoms with E-state index in [1.165, 1.54) is 12.7 Å². The van der Waals surface area contributed by atoms with E-state index >= 15 is 0 Å². The standard InChI is InChI=1S/C20H20ClNO3/c1-25-19(24)11-10-18(23)22-13-12-14-6-2-3-7-15(14)20(22)16-8-4-5-9-17(16)21/h2-9,20H,10-13H2,1H3. The summed E-state index contributed by atoms with van der Waals surface area (Å²) < 4.78 is 4.64. The lowest BCUT2D eigenvalue weighted by Crippen LogP contribution is -2.40. The van der Waals surface area contributed by atoms with Gasteiger partial charge in [-0.15, -0.1) is 0 Å². The molecular formula is C20H20ClNO3. The number of amides is 1. The number of hydrogen-bond donors (Lipinski definition) is 0. The second-order valence-corrected chi connectivity index (χ2v) is 6.44. The van der Waals surface area contributed by atoms with Gasteiger partial charge in [0.2, 0.25) is 5.91 Å². The molecule has 1 aliphatic rings. The predicted molar refractivity (Wildman–Crippen MR) is 96.4 cm³/mol. The Balaban J connectivity index is 1.96. The SMILES string of the molecule is COC(=O)CCC(=O)N1CCc2ccccc2C1c1ccccc1Cl. The Morgan fingerprint density at radius 2 is 1.76 bits per heavy atom. The normalized spacial score (nSPS) is 16.2. The molecule has 25 heavy (non-hydrogen) atoms. The average Bonchev–Trinajstić information content (AvgIpc) is 2.65. The van der Waals surface area contributed by atoms with Gasteiger partial charge in [-0.1, -0.05) is 54.1 Å². The van der Waals surface area contributed by atoms with E-state index in [1.807, 2.05) is 47.4 Å². The van der Waals surface area contributed by atoms with Crippen molar-refractivity contribution < 1.29 is 14.3 Å². The first-order valence-electron chi connectivity index (χ1n) is 8.30. The Labute approximate surface area is 152 Å². The first-order chi connectivity index (χ1) is 12.1. The summed E-state index contributed by atoms with van der Waals surface area (Å²) in [5, 5.41) is 0.634. The van der Waals surface area contributed by atoms with E-state index in [2.05, 4.69) is 10.8 Å². The summed E-state index contributed by atoms with van der Waals surface area (Å²) in [7, 11) is 1.33. The summed E-state index contributed by atoms with van der Waals surface area (Å²) in [5.74, 6) is -0.440. The van der Waals surface area contributed by atoms with Crippen molar-refractivity contribution in [2.24, 2.45) is 0 Å². The molecule has 2 aromatic rings. The minimum absolute atomic E-state index is 0.0650. The first-order valence-corrected chi connectivity index (χ1v) is 8.68. The van der Waals surface area contributed by atoms with Gasteiger partial charge in [0.25, 0.3) is 0 Å². The van der Waals surface area contributed by atoms with Crippen molar-refractivity contribution in [3.8, 4) is 0 Å². The molecule has 1 aliphatic heterocycles. The molecule has 0 bridgehead atoms. The third-order valence-corrected chi connectivity index (χ3v) is 4.92. The van der Waals surface area contributed by atoms with Gasteiger partial charge in [0.1, 0.15) is 0 Å². The number of hydrogen-bond acceptors (Lipinski definition) is 3. The van der Waals surface area contributed by atoms with Crippen LogP contribution in [-0.2, 0) is 20.7 Å². The van der Waals surface area contributed by atoms with Gasteiger partial charge in [-0.2, -0.15) is 0 Å². The predicted octanol–water partition coefficient (Wildman–Crippen LogP) is 3.77. The Kier molecular flexibility index (Phi) is 5.39. The highest BCUT2D eigenvalue weighted by atomic mass is 35.5. The fourth-order valence-electron chi connectivity index (χ4n) is 3.32. The van der Waals surface area contributed by atoms with Gasteiger partial charge in [-0.25, -0.2) is 0 Å². The van der Waals surface area contributed by atoms with Crippen LogP contribution in [0.25, 0.3) is 0 Å². The maximum atomic E-state index is 12.8. The second kappa shape index (κ2) is 7.70. The molecule has 1 atom stereocenters. The molecule has 0 aliphatic carbocycles.